The van der Waals surface area contributed by atoms with Crippen LogP contribution in [-0.2, 0) is 0 Å². The monoisotopic (exact) mass is 330 g/mol. The van der Waals surface area contributed by atoms with Crippen molar-refractivity contribution in [2.24, 2.45) is 0 Å². The summed E-state index contributed by atoms with van der Waals surface area (Å²) in [6.45, 7) is 6.30. The first-order valence-electron chi connectivity index (χ1n) is 7.79. The van der Waals surface area contributed by atoms with Crippen molar-refractivity contribution in [1.29, 1.82) is 0 Å². The molecule has 1 aromatic heterocycles. The Morgan fingerprint density at radius 1 is 1.21 bits per heavy atom. The normalized spacial score (nSPS) is 11.5. The minimum Gasteiger partial charge on any atom is -0.507 e. The highest BCUT2D eigenvalue weighted by atomic mass is 16.5. The predicted molar refractivity (Wildman–Crippen MR) is 93.7 cm³/mol. The second kappa shape index (κ2) is 7.73. The molecule has 0 radical (unpaired) electrons. The number of benzene rings is 1. The van der Waals surface area contributed by atoms with Gasteiger partial charge < -0.3 is 19.4 Å². The molecule has 5 nitrogen and oxygen atoms in total. The largest absolute Gasteiger partial charge is 0.507 e. The summed E-state index contributed by atoms with van der Waals surface area (Å²) in [5.41, 5.74) is 1.69. The van der Waals surface area contributed by atoms with Crippen LogP contribution in [0.2, 0.25) is 0 Å². The van der Waals surface area contributed by atoms with E-state index < -0.39 is 11.4 Å². The molecule has 1 aromatic carbocycles. The molecule has 2 aromatic rings. The van der Waals surface area contributed by atoms with Gasteiger partial charge in [-0.15, -0.1) is 0 Å². The zero-order valence-electron chi connectivity index (χ0n) is 14.1. The average Bonchev–Trinajstić information content (AvgIpc) is 2.51. The molecule has 24 heavy (non-hydrogen) atoms. The molecule has 0 fully saturated rings. The highest BCUT2D eigenvalue weighted by molar-refractivity contribution is 5.91. The number of hydrogen-bond acceptors (Lipinski definition) is 5. The van der Waals surface area contributed by atoms with E-state index in [4.69, 9.17) is 9.15 Å². The van der Waals surface area contributed by atoms with Crippen LogP contribution in [0.3, 0.4) is 0 Å². The number of phenolic OH excluding ortho intramolecular Hbond substituents is 1. The molecule has 0 atom stereocenters. The van der Waals surface area contributed by atoms with Gasteiger partial charge in [-0.25, -0.2) is 4.79 Å². The van der Waals surface area contributed by atoms with E-state index in [9.17, 15) is 15.0 Å². The van der Waals surface area contributed by atoms with Gasteiger partial charge in [0.15, 0.2) is 5.75 Å². The molecule has 0 aliphatic heterocycles. The van der Waals surface area contributed by atoms with E-state index in [0.29, 0.717) is 0 Å². The van der Waals surface area contributed by atoms with E-state index in [0.717, 1.165) is 18.4 Å². The SMILES string of the molecule is CC(C)=CCC/C(C)=C/COc1c(O)c(=O)oc2cccc(O)c12. The Kier molecular flexibility index (Phi) is 5.68. The van der Waals surface area contributed by atoms with Gasteiger partial charge in [-0.2, -0.15) is 0 Å². The van der Waals surface area contributed by atoms with E-state index in [2.05, 4.69) is 19.9 Å². The van der Waals surface area contributed by atoms with E-state index in [-0.39, 0.29) is 29.1 Å². The molecule has 2 N–H and O–H groups in total. The fourth-order valence-electron chi connectivity index (χ4n) is 2.29. The molecule has 128 valence electrons. The molecule has 2 rings (SSSR count). The first-order valence-corrected chi connectivity index (χ1v) is 7.79. The van der Waals surface area contributed by atoms with Crippen molar-refractivity contribution in [3.05, 3.63) is 51.9 Å². The van der Waals surface area contributed by atoms with Crippen LogP contribution in [0.15, 0.2) is 50.7 Å². The zero-order chi connectivity index (χ0) is 17.7. The summed E-state index contributed by atoms with van der Waals surface area (Å²) < 4.78 is 10.5. The Bertz CT molecular complexity index is 839. The summed E-state index contributed by atoms with van der Waals surface area (Å²) in [7, 11) is 0. The van der Waals surface area contributed by atoms with Gasteiger partial charge in [-0.05, 0) is 51.8 Å². The van der Waals surface area contributed by atoms with Crippen LogP contribution in [0.4, 0.5) is 0 Å². The molecule has 0 unspecified atom stereocenters. The molecular formula is C19H22O5. The third-order valence-corrected chi connectivity index (χ3v) is 3.59. The molecule has 5 heteroatoms. The molecule has 0 bridgehead atoms. The lowest BCUT2D eigenvalue weighted by Crippen LogP contribution is -2.04. The minimum absolute atomic E-state index is 0.0623. The fraction of sp³-hybridized carbons (Fsp3) is 0.316. The molecule has 0 amide bonds. The van der Waals surface area contributed by atoms with Crippen molar-refractivity contribution in [2.75, 3.05) is 6.61 Å². The highest BCUT2D eigenvalue weighted by Crippen LogP contribution is 2.37. The van der Waals surface area contributed by atoms with Crippen molar-refractivity contribution >= 4 is 11.0 Å². The Morgan fingerprint density at radius 3 is 2.67 bits per heavy atom. The van der Waals surface area contributed by atoms with Crippen LogP contribution in [-0.4, -0.2) is 16.8 Å². The standard InChI is InChI=1S/C19H22O5/c1-12(2)6-4-7-13(3)10-11-23-18-16-14(20)8-5-9-15(16)24-19(22)17(18)21/h5-6,8-10,20-21H,4,7,11H2,1-3H3/b13-10+. The number of aromatic hydroxyl groups is 2. The average molecular weight is 330 g/mol. The Balaban J connectivity index is 2.20. The third-order valence-electron chi connectivity index (χ3n) is 3.59. The molecule has 0 aliphatic rings. The summed E-state index contributed by atoms with van der Waals surface area (Å²) in [5, 5.41) is 20.1. The topological polar surface area (TPSA) is 79.9 Å². The number of hydrogen-bond donors (Lipinski definition) is 2. The first-order chi connectivity index (χ1) is 11.4. The zero-order valence-corrected chi connectivity index (χ0v) is 14.1. The molecule has 0 aliphatic carbocycles. The maximum Gasteiger partial charge on any atom is 0.382 e. The maximum absolute atomic E-state index is 11.7. The number of rotatable bonds is 6. The van der Waals surface area contributed by atoms with Gasteiger partial charge >= 0.3 is 5.63 Å². The van der Waals surface area contributed by atoms with Crippen molar-refractivity contribution in [3.8, 4) is 17.2 Å². The second-order valence-electron chi connectivity index (χ2n) is 5.90. The minimum atomic E-state index is -0.896. The first kappa shape index (κ1) is 17.7. The van der Waals surface area contributed by atoms with Crippen LogP contribution >= 0.6 is 0 Å². The Hall–Kier alpha value is -2.69. The van der Waals surface area contributed by atoms with Crippen LogP contribution in [0, 0.1) is 0 Å². The number of allylic oxidation sites excluding steroid dienone is 3. The molecule has 1 heterocycles. The van der Waals surface area contributed by atoms with Gasteiger partial charge in [0.2, 0.25) is 5.75 Å². The van der Waals surface area contributed by atoms with Gasteiger partial charge in [0.05, 0.1) is 0 Å². The summed E-state index contributed by atoms with van der Waals surface area (Å²) in [6.07, 6.45) is 5.91. The van der Waals surface area contributed by atoms with Crippen LogP contribution in [0.25, 0.3) is 11.0 Å². The quantitative estimate of drug-likeness (QED) is 0.610. The van der Waals surface area contributed by atoms with Gasteiger partial charge in [-0.1, -0.05) is 23.3 Å². The van der Waals surface area contributed by atoms with Crippen molar-refractivity contribution < 1.29 is 19.4 Å². The summed E-state index contributed by atoms with van der Waals surface area (Å²) in [6, 6.07) is 4.52. The predicted octanol–water partition coefficient (Wildman–Crippen LogP) is 4.28. The summed E-state index contributed by atoms with van der Waals surface area (Å²) in [4.78, 5) is 11.7. The molecular weight excluding hydrogens is 308 g/mol. The lowest BCUT2D eigenvalue weighted by molar-refractivity contribution is 0.325. The molecule has 0 saturated carbocycles. The van der Waals surface area contributed by atoms with Crippen molar-refractivity contribution in [2.45, 2.75) is 33.6 Å². The maximum atomic E-state index is 11.7. The third kappa shape index (κ3) is 4.19. The second-order valence-corrected chi connectivity index (χ2v) is 5.90. The van der Waals surface area contributed by atoms with E-state index in [1.165, 1.54) is 17.7 Å². The van der Waals surface area contributed by atoms with Crippen LogP contribution < -0.4 is 10.4 Å². The van der Waals surface area contributed by atoms with Gasteiger partial charge in [0, 0.05) is 0 Å². The van der Waals surface area contributed by atoms with E-state index >= 15 is 0 Å². The van der Waals surface area contributed by atoms with E-state index in [1.54, 1.807) is 6.07 Å². The highest BCUT2D eigenvalue weighted by Gasteiger charge is 2.17. The number of ether oxygens (including phenoxy) is 1. The number of fused-ring (bicyclic) bond motifs is 1. The van der Waals surface area contributed by atoms with Crippen LogP contribution in [0.5, 0.6) is 17.2 Å². The van der Waals surface area contributed by atoms with Gasteiger partial charge in [0.25, 0.3) is 0 Å². The molecule has 0 saturated heterocycles. The van der Waals surface area contributed by atoms with Gasteiger partial charge in [0.1, 0.15) is 23.3 Å². The summed E-state index contributed by atoms with van der Waals surface area (Å²) >= 11 is 0. The van der Waals surface area contributed by atoms with Crippen LogP contribution in [0.1, 0.15) is 33.6 Å². The fourth-order valence-corrected chi connectivity index (χ4v) is 2.29. The summed E-state index contributed by atoms with van der Waals surface area (Å²) in [5.74, 6) is -0.821. The van der Waals surface area contributed by atoms with Crippen molar-refractivity contribution in [1.82, 2.24) is 0 Å². The van der Waals surface area contributed by atoms with Gasteiger partial charge in [-0.3, -0.25) is 0 Å². The molecule has 0 spiro atoms. The Morgan fingerprint density at radius 2 is 1.96 bits per heavy atom. The number of phenols is 1. The smallest absolute Gasteiger partial charge is 0.382 e. The van der Waals surface area contributed by atoms with E-state index in [1.807, 2.05) is 13.0 Å². The van der Waals surface area contributed by atoms with Crippen molar-refractivity contribution in [3.63, 3.8) is 0 Å². The Labute approximate surface area is 140 Å². The lowest BCUT2D eigenvalue weighted by atomic mass is 10.1. The lowest BCUT2D eigenvalue weighted by Gasteiger charge is -2.10.